The number of hydrogen-bond donors (Lipinski definition) is 2. The van der Waals surface area contributed by atoms with E-state index in [-0.39, 0.29) is 6.04 Å². The van der Waals surface area contributed by atoms with Crippen molar-refractivity contribution in [2.24, 2.45) is 0 Å². The maximum Gasteiger partial charge on any atom is 0.0781 e. The fourth-order valence-corrected chi connectivity index (χ4v) is 2.76. The molecule has 2 aromatic carbocycles. The van der Waals surface area contributed by atoms with E-state index in [4.69, 9.17) is 0 Å². The predicted octanol–water partition coefficient (Wildman–Crippen LogP) is 4.68. The molecule has 0 aliphatic carbocycles. The second kappa shape index (κ2) is 6.22. The molecule has 0 heterocycles. The Bertz CT molecular complexity index is 554. The second-order valence-corrected chi connectivity index (χ2v) is 5.51. The second-order valence-electron chi connectivity index (χ2n) is 4.65. The summed E-state index contributed by atoms with van der Waals surface area (Å²) in [7, 11) is 0. The zero-order chi connectivity index (χ0) is 13.8. The first-order valence-electron chi connectivity index (χ1n) is 6.37. The van der Waals surface area contributed by atoms with Crippen LogP contribution in [-0.2, 0) is 0 Å². The molecule has 0 aromatic heterocycles. The van der Waals surface area contributed by atoms with E-state index in [1.807, 2.05) is 42.5 Å². The highest BCUT2D eigenvalue weighted by atomic mass is 79.9. The zero-order valence-corrected chi connectivity index (χ0v) is 12.7. The van der Waals surface area contributed by atoms with Crippen molar-refractivity contribution < 1.29 is 5.11 Å². The van der Waals surface area contributed by atoms with Gasteiger partial charge in [-0.15, -0.1) is 0 Å². The van der Waals surface area contributed by atoms with Gasteiger partial charge in [0.25, 0.3) is 0 Å². The molecule has 0 spiro atoms. The molecule has 0 saturated carbocycles. The lowest BCUT2D eigenvalue weighted by Gasteiger charge is -2.20. The van der Waals surface area contributed by atoms with Crippen LogP contribution >= 0.6 is 15.9 Å². The Morgan fingerprint density at radius 1 is 0.947 bits per heavy atom. The van der Waals surface area contributed by atoms with Crippen molar-refractivity contribution in [3.8, 4) is 0 Å². The SMILES string of the molecule is CC(O)c1ccccc1NC(C)c1ccccc1Br. The number of benzene rings is 2. The maximum atomic E-state index is 9.79. The minimum atomic E-state index is -0.477. The molecule has 3 heteroatoms. The molecule has 19 heavy (non-hydrogen) atoms. The first-order chi connectivity index (χ1) is 9.09. The largest absolute Gasteiger partial charge is 0.389 e. The summed E-state index contributed by atoms with van der Waals surface area (Å²) in [4.78, 5) is 0. The number of halogens is 1. The van der Waals surface area contributed by atoms with E-state index in [2.05, 4.69) is 34.2 Å². The smallest absolute Gasteiger partial charge is 0.0781 e. The van der Waals surface area contributed by atoms with Crippen molar-refractivity contribution in [1.29, 1.82) is 0 Å². The van der Waals surface area contributed by atoms with Crippen LogP contribution in [0.4, 0.5) is 5.69 Å². The Hall–Kier alpha value is -1.32. The summed E-state index contributed by atoms with van der Waals surface area (Å²) in [5.41, 5.74) is 3.09. The number of aliphatic hydroxyl groups is 1. The summed E-state index contributed by atoms with van der Waals surface area (Å²) in [6, 6.07) is 16.2. The summed E-state index contributed by atoms with van der Waals surface area (Å²) >= 11 is 3.57. The van der Waals surface area contributed by atoms with Crippen molar-refractivity contribution >= 4 is 21.6 Å². The summed E-state index contributed by atoms with van der Waals surface area (Å²) in [5, 5.41) is 13.3. The number of hydrogen-bond acceptors (Lipinski definition) is 2. The number of aliphatic hydroxyl groups excluding tert-OH is 1. The monoisotopic (exact) mass is 319 g/mol. The molecule has 2 aromatic rings. The summed E-state index contributed by atoms with van der Waals surface area (Å²) < 4.78 is 1.09. The van der Waals surface area contributed by atoms with Crippen LogP contribution in [0.2, 0.25) is 0 Å². The van der Waals surface area contributed by atoms with Gasteiger partial charge in [-0.1, -0.05) is 52.3 Å². The van der Waals surface area contributed by atoms with E-state index in [1.54, 1.807) is 6.92 Å². The van der Waals surface area contributed by atoms with Gasteiger partial charge in [-0.05, 0) is 31.5 Å². The van der Waals surface area contributed by atoms with Crippen LogP contribution in [0.15, 0.2) is 53.0 Å². The molecule has 0 aliphatic rings. The van der Waals surface area contributed by atoms with Crippen LogP contribution in [0.25, 0.3) is 0 Å². The summed E-state index contributed by atoms with van der Waals surface area (Å²) in [6.45, 7) is 3.89. The fraction of sp³-hybridized carbons (Fsp3) is 0.250. The first kappa shape index (κ1) is 14.1. The van der Waals surface area contributed by atoms with Gasteiger partial charge in [0, 0.05) is 21.8 Å². The lowest BCUT2D eigenvalue weighted by atomic mass is 10.1. The molecule has 0 saturated heterocycles. The lowest BCUT2D eigenvalue weighted by molar-refractivity contribution is 0.200. The number of anilines is 1. The van der Waals surface area contributed by atoms with Crippen molar-refractivity contribution in [1.82, 2.24) is 0 Å². The molecular weight excluding hydrogens is 302 g/mol. The van der Waals surface area contributed by atoms with Crippen LogP contribution in [0.5, 0.6) is 0 Å². The van der Waals surface area contributed by atoms with Gasteiger partial charge in [-0.25, -0.2) is 0 Å². The van der Waals surface area contributed by atoms with Gasteiger partial charge in [0.1, 0.15) is 0 Å². The highest BCUT2D eigenvalue weighted by Crippen LogP contribution is 2.29. The quantitative estimate of drug-likeness (QED) is 0.857. The van der Waals surface area contributed by atoms with Gasteiger partial charge in [0.2, 0.25) is 0 Å². The minimum Gasteiger partial charge on any atom is -0.389 e. The predicted molar refractivity (Wildman–Crippen MR) is 83.3 cm³/mol. The Labute approximate surface area is 122 Å². The topological polar surface area (TPSA) is 32.3 Å². The molecule has 2 nitrogen and oxygen atoms in total. The molecule has 100 valence electrons. The molecule has 2 rings (SSSR count). The number of para-hydroxylation sites is 1. The minimum absolute atomic E-state index is 0.162. The van der Waals surface area contributed by atoms with Crippen LogP contribution in [0.1, 0.15) is 37.1 Å². The molecule has 0 bridgehead atoms. The molecule has 0 amide bonds. The first-order valence-corrected chi connectivity index (χ1v) is 7.17. The van der Waals surface area contributed by atoms with E-state index in [9.17, 15) is 5.11 Å². The Kier molecular flexibility index (Phi) is 4.61. The van der Waals surface area contributed by atoms with Crippen molar-refractivity contribution in [3.05, 3.63) is 64.1 Å². The van der Waals surface area contributed by atoms with Gasteiger partial charge in [-0.2, -0.15) is 0 Å². The van der Waals surface area contributed by atoms with Gasteiger partial charge in [-0.3, -0.25) is 0 Å². The average molecular weight is 320 g/mol. The van der Waals surface area contributed by atoms with E-state index in [0.717, 1.165) is 15.7 Å². The van der Waals surface area contributed by atoms with Gasteiger partial charge in [0.05, 0.1) is 6.10 Å². The van der Waals surface area contributed by atoms with Crippen LogP contribution < -0.4 is 5.32 Å². The third-order valence-corrected chi connectivity index (χ3v) is 3.88. The Morgan fingerprint density at radius 3 is 2.16 bits per heavy atom. The maximum absolute atomic E-state index is 9.79. The van der Waals surface area contributed by atoms with Crippen LogP contribution in [0, 0.1) is 0 Å². The highest BCUT2D eigenvalue weighted by molar-refractivity contribution is 9.10. The third-order valence-electron chi connectivity index (χ3n) is 3.15. The van der Waals surface area contributed by atoms with Crippen molar-refractivity contribution in [2.75, 3.05) is 5.32 Å². The Morgan fingerprint density at radius 2 is 1.53 bits per heavy atom. The highest BCUT2D eigenvalue weighted by Gasteiger charge is 2.12. The van der Waals surface area contributed by atoms with Gasteiger partial charge < -0.3 is 10.4 Å². The molecule has 2 unspecified atom stereocenters. The normalized spacial score (nSPS) is 13.9. The summed E-state index contributed by atoms with van der Waals surface area (Å²) in [6.07, 6.45) is -0.477. The van der Waals surface area contributed by atoms with Gasteiger partial charge in [0.15, 0.2) is 0 Å². The lowest BCUT2D eigenvalue weighted by Crippen LogP contribution is -2.09. The average Bonchev–Trinajstić information content (AvgIpc) is 2.39. The molecular formula is C16H18BrNO. The Balaban J connectivity index is 2.24. The fourth-order valence-electron chi connectivity index (χ4n) is 2.13. The van der Waals surface area contributed by atoms with E-state index >= 15 is 0 Å². The third kappa shape index (κ3) is 3.37. The summed E-state index contributed by atoms with van der Waals surface area (Å²) in [5.74, 6) is 0. The van der Waals surface area contributed by atoms with Crippen LogP contribution in [-0.4, -0.2) is 5.11 Å². The molecule has 2 N–H and O–H groups in total. The van der Waals surface area contributed by atoms with E-state index < -0.39 is 6.10 Å². The van der Waals surface area contributed by atoms with Gasteiger partial charge >= 0.3 is 0 Å². The number of rotatable bonds is 4. The molecule has 0 fully saturated rings. The molecule has 2 atom stereocenters. The van der Waals surface area contributed by atoms with Crippen molar-refractivity contribution in [3.63, 3.8) is 0 Å². The molecule has 0 radical (unpaired) electrons. The number of nitrogens with one attached hydrogen (secondary N) is 1. The zero-order valence-electron chi connectivity index (χ0n) is 11.1. The van der Waals surface area contributed by atoms with Crippen molar-refractivity contribution in [2.45, 2.75) is 26.0 Å². The standard InChI is InChI=1S/C16H18BrNO/c1-11(13-7-3-5-9-15(13)17)18-16-10-6-4-8-14(16)12(2)19/h3-12,18-19H,1-2H3. The van der Waals surface area contributed by atoms with E-state index in [1.165, 1.54) is 5.56 Å². The van der Waals surface area contributed by atoms with E-state index in [0.29, 0.717) is 0 Å². The van der Waals surface area contributed by atoms with Crippen LogP contribution in [0.3, 0.4) is 0 Å². The molecule has 0 aliphatic heterocycles.